The third-order valence-electron chi connectivity index (χ3n) is 1.37. The number of rotatable bonds is 6. The van der Waals surface area contributed by atoms with Gasteiger partial charge in [0.25, 0.3) is 0 Å². The lowest BCUT2D eigenvalue weighted by Crippen LogP contribution is -2.05. The van der Waals surface area contributed by atoms with Crippen molar-refractivity contribution in [3.63, 3.8) is 0 Å². The van der Waals surface area contributed by atoms with Gasteiger partial charge in [0.1, 0.15) is 0 Å². The van der Waals surface area contributed by atoms with E-state index in [1.54, 1.807) is 0 Å². The maximum Gasteiger partial charge on any atom is 0.0543 e. The Morgan fingerprint density at radius 3 is 2.70 bits per heavy atom. The first-order valence-electron chi connectivity index (χ1n) is 3.66. The average molecular weight is 207 g/mol. The minimum atomic E-state index is -0.129. The average Bonchev–Trinajstić information content (AvgIpc) is 1.97. The van der Waals surface area contributed by atoms with Gasteiger partial charge in [-0.2, -0.15) is 0 Å². The molecule has 0 aromatic heterocycles. The Hall–Kier alpha value is 0.180. The van der Waals surface area contributed by atoms with Crippen molar-refractivity contribution in [2.75, 3.05) is 5.33 Å². The Morgan fingerprint density at radius 2 is 2.20 bits per heavy atom. The van der Waals surface area contributed by atoms with Crippen molar-refractivity contribution < 1.29 is 5.11 Å². The lowest BCUT2D eigenvalue weighted by atomic mass is 10.1. The van der Waals surface area contributed by atoms with Crippen LogP contribution >= 0.6 is 15.9 Å². The topological polar surface area (TPSA) is 20.2 Å². The second kappa shape index (κ2) is 7.29. The summed E-state index contributed by atoms with van der Waals surface area (Å²) in [6.45, 7) is 3.59. The van der Waals surface area contributed by atoms with Crippen LogP contribution in [-0.4, -0.2) is 16.5 Å². The number of hydrogen-bond acceptors (Lipinski definition) is 1. The third kappa shape index (κ3) is 6.30. The summed E-state index contributed by atoms with van der Waals surface area (Å²) >= 11 is 3.31. The van der Waals surface area contributed by atoms with Crippen molar-refractivity contribution in [2.45, 2.75) is 31.8 Å². The number of hydrogen-bond donors (Lipinski definition) is 1. The lowest BCUT2D eigenvalue weighted by molar-refractivity contribution is 0.155. The van der Waals surface area contributed by atoms with E-state index in [0.29, 0.717) is 0 Å². The number of halogens is 1. The molecule has 0 saturated heterocycles. The molecule has 1 nitrogen and oxygen atoms in total. The van der Waals surface area contributed by atoms with Crippen LogP contribution in [0.2, 0.25) is 0 Å². The van der Waals surface area contributed by atoms with Gasteiger partial charge in [-0.25, -0.2) is 0 Å². The first-order chi connectivity index (χ1) is 4.81. The van der Waals surface area contributed by atoms with Crippen LogP contribution in [0.1, 0.15) is 25.7 Å². The molecular formula is C8H15BrO. The summed E-state index contributed by atoms with van der Waals surface area (Å²) in [5.74, 6) is 0. The van der Waals surface area contributed by atoms with Crippen LogP contribution in [0, 0.1) is 0 Å². The molecule has 0 amide bonds. The monoisotopic (exact) mass is 206 g/mol. The van der Waals surface area contributed by atoms with Gasteiger partial charge in [0, 0.05) is 5.33 Å². The van der Waals surface area contributed by atoms with Crippen LogP contribution in [0.3, 0.4) is 0 Å². The van der Waals surface area contributed by atoms with E-state index < -0.39 is 0 Å². The summed E-state index contributed by atoms with van der Waals surface area (Å²) < 4.78 is 0. The van der Waals surface area contributed by atoms with Crippen LogP contribution in [0.15, 0.2) is 12.7 Å². The van der Waals surface area contributed by atoms with Crippen LogP contribution in [-0.2, 0) is 0 Å². The predicted molar refractivity (Wildman–Crippen MR) is 48.5 cm³/mol. The minimum absolute atomic E-state index is 0.129. The fraction of sp³-hybridized carbons (Fsp3) is 0.750. The Bertz CT molecular complexity index is 83.3. The molecule has 0 aliphatic carbocycles. The Balaban J connectivity index is 3.07. The lowest BCUT2D eigenvalue weighted by Gasteiger charge is -2.06. The Morgan fingerprint density at radius 1 is 1.50 bits per heavy atom. The summed E-state index contributed by atoms with van der Waals surface area (Å²) in [6.07, 6.45) is 5.45. The van der Waals surface area contributed by atoms with Crippen LogP contribution in [0.25, 0.3) is 0 Å². The highest BCUT2D eigenvalue weighted by atomic mass is 79.9. The van der Waals surface area contributed by atoms with E-state index in [9.17, 15) is 5.11 Å². The molecule has 0 aliphatic heterocycles. The molecule has 0 heterocycles. The number of aliphatic hydroxyl groups is 1. The van der Waals surface area contributed by atoms with E-state index >= 15 is 0 Å². The summed E-state index contributed by atoms with van der Waals surface area (Å²) in [4.78, 5) is 0. The van der Waals surface area contributed by atoms with Gasteiger partial charge in [-0.3, -0.25) is 0 Å². The van der Waals surface area contributed by atoms with Gasteiger partial charge in [-0.15, -0.1) is 6.58 Å². The van der Waals surface area contributed by atoms with Crippen LogP contribution in [0.4, 0.5) is 0 Å². The van der Waals surface area contributed by atoms with Crippen molar-refractivity contribution in [3.8, 4) is 0 Å². The SMILES string of the molecule is C=CCCC(O)CCCBr. The molecule has 1 atom stereocenters. The second-order valence-electron chi connectivity index (χ2n) is 2.35. The van der Waals surface area contributed by atoms with E-state index in [-0.39, 0.29) is 6.10 Å². The predicted octanol–water partition coefficient (Wildman–Crippen LogP) is 2.49. The van der Waals surface area contributed by atoms with Crippen LogP contribution < -0.4 is 0 Å². The maximum atomic E-state index is 9.24. The first kappa shape index (κ1) is 10.2. The molecule has 0 aromatic rings. The minimum Gasteiger partial charge on any atom is -0.393 e. The molecule has 60 valence electrons. The summed E-state index contributed by atoms with van der Waals surface area (Å²) in [5.41, 5.74) is 0. The van der Waals surface area contributed by atoms with Crippen molar-refractivity contribution in [3.05, 3.63) is 12.7 Å². The van der Waals surface area contributed by atoms with Gasteiger partial charge < -0.3 is 5.11 Å². The largest absolute Gasteiger partial charge is 0.393 e. The summed E-state index contributed by atoms with van der Waals surface area (Å²) in [7, 11) is 0. The van der Waals surface area contributed by atoms with Gasteiger partial charge in [-0.05, 0) is 25.7 Å². The molecule has 0 aliphatic rings. The molecule has 0 radical (unpaired) electrons. The molecular weight excluding hydrogens is 192 g/mol. The number of allylic oxidation sites excluding steroid dienone is 1. The summed E-state index contributed by atoms with van der Waals surface area (Å²) in [5, 5.41) is 10.2. The van der Waals surface area contributed by atoms with Gasteiger partial charge in [0.2, 0.25) is 0 Å². The van der Waals surface area contributed by atoms with E-state index in [2.05, 4.69) is 22.5 Å². The summed E-state index contributed by atoms with van der Waals surface area (Å²) in [6, 6.07) is 0. The Labute approximate surface area is 71.3 Å². The molecule has 2 heteroatoms. The van der Waals surface area contributed by atoms with E-state index in [1.165, 1.54) is 0 Å². The molecule has 0 spiro atoms. The second-order valence-corrected chi connectivity index (χ2v) is 3.14. The third-order valence-corrected chi connectivity index (χ3v) is 1.94. The Kier molecular flexibility index (Phi) is 7.42. The normalized spacial score (nSPS) is 13.0. The van der Waals surface area contributed by atoms with Crippen molar-refractivity contribution >= 4 is 15.9 Å². The number of alkyl halides is 1. The van der Waals surface area contributed by atoms with Crippen LogP contribution in [0.5, 0.6) is 0 Å². The molecule has 0 rings (SSSR count). The zero-order valence-corrected chi connectivity index (χ0v) is 7.81. The van der Waals surface area contributed by atoms with Gasteiger partial charge >= 0.3 is 0 Å². The molecule has 1 unspecified atom stereocenters. The van der Waals surface area contributed by atoms with Gasteiger partial charge in [-0.1, -0.05) is 22.0 Å². The van der Waals surface area contributed by atoms with E-state index in [1.807, 2.05) is 6.08 Å². The quantitative estimate of drug-likeness (QED) is 0.524. The zero-order valence-electron chi connectivity index (χ0n) is 6.22. The van der Waals surface area contributed by atoms with E-state index in [4.69, 9.17) is 0 Å². The van der Waals surface area contributed by atoms with Crippen molar-refractivity contribution in [1.82, 2.24) is 0 Å². The molecule has 10 heavy (non-hydrogen) atoms. The van der Waals surface area contributed by atoms with Gasteiger partial charge in [0.05, 0.1) is 6.10 Å². The van der Waals surface area contributed by atoms with E-state index in [0.717, 1.165) is 31.0 Å². The molecule has 0 bridgehead atoms. The highest BCUT2D eigenvalue weighted by Gasteiger charge is 2.00. The van der Waals surface area contributed by atoms with Crippen molar-refractivity contribution in [1.29, 1.82) is 0 Å². The van der Waals surface area contributed by atoms with Crippen molar-refractivity contribution in [2.24, 2.45) is 0 Å². The fourth-order valence-electron chi connectivity index (χ4n) is 0.767. The zero-order chi connectivity index (χ0) is 7.82. The maximum absolute atomic E-state index is 9.24. The molecule has 1 N–H and O–H groups in total. The first-order valence-corrected chi connectivity index (χ1v) is 4.78. The fourth-order valence-corrected chi connectivity index (χ4v) is 1.09. The number of aliphatic hydroxyl groups excluding tert-OH is 1. The van der Waals surface area contributed by atoms with Gasteiger partial charge in [0.15, 0.2) is 0 Å². The molecule has 0 aromatic carbocycles. The highest BCUT2D eigenvalue weighted by molar-refractivity contribution is 9.09. The molecule has 0 saturated carbocycles. The molecule has 0 fully saturated rings. The smallest absolute Gasteiger partial charge is 0.0543 e. The standard InChI is InChI=1S/C8H15BrO/c1-2-3-5-8(10)6-4-7-9/h2,8,10H,1,3-7H2. The highest BCUT2D eigenvalue weighted by Crippen LogP contribution is 2.05.